The summed E-state index contributed by atoms with van der Waals surface area (Å²) in [4.78, 5) is 16.8. The normalized spacial score (nSPS) is 14.8. The van der Waals surface area contributed by atoms with Crippen molar-refractivity contribution >= 4 is 17.9 Å². The maximum Gasteiger partial charge on any atom is 0.363 e. The van der Waals surface area contributed by atoms with E-state index >= 15 is 0 Å². The summed E-state index contributed by atoms with van der Waals surface area (Å²) in [7, 11) is 0. The maximum atomic E-state index is 12.4. The number of furan rings is 1. The van der Waals surface area contributed by atoms with Crippen LogP contribution >= 0.6 is 0 Å². The van der Waals surface area contributed by atoms with Gasteiger partial charge in [-0.2, -0.15) is 5.10 Å². The number of ether oxygens (including phenoxy) is 1. The van der Waals surface area contributed by atoms with Gasteiger partial charge in [-0.25, -0.2) is 14.5 Å². The first-order valence-corrected chi connectivity index (χ1v) is 9.47. The Morgan fingerprint density at radius 3 is 2.37 bits per heavy atom. The van der Waals surface area contributed by atoms with Crippen LogP contribution in [0.4, 0.5) is 0 Å². The van der Waals surface area contributed by atoms with E-state index in [1.807, 2.05) is 85.9 Å². The van der Waals surface area contributed by atoms with Crippen LogP contribution in [-0.2, 0) is 9.53 Å². The Morgan fingerprint density at radius 2 is 1.67 bits per heavy atom. The lowest BCUT2D eigenvalue weighted by Gasteiger charge is -1.98. The Labute approximate surface area is 172 Å². The molecule has 0 saturated heterocycles. The zero-order valence-corrected chi connectivity index (χ0v) is 16.1. The van der Waals surface area contributed by atoms with Crippen molar-refractivity contribution < 1.29 is 13.9 Å². The van der Waals surface area contributed by atoms with Crippen molar-refractivity contribution in [1.29, 1.82) is 0 Å². The summed E-state index contributed by atoms with van der Waals surface area (Å²) in [5.74, 6) is 1.19. The van der Waals surface area contributed by atoms with E-state index in [1.165, 1.54) is 0 Å². The minimum atomic E-state index is -0.497. The first-order chi connectivity index (χ1) is 14.7. The first kappa shape index (κ1) is 17.9. The molecule has 1 aliphatic rings. The highest BCUT2D eigenvalue weighted by molar-refractivity contribution is 6.13. The molecule has 30 heavy (non-hydrogen) atoms. The molecule has 3 heterocycles. The summed E-state index contributed by atoms with van der Waals surface area (Å²) < 4.78 is 12.9. The molecular weight excluding hydrogens is 378 g/mol. The molecular formula is C24H17N3O3. The molecule has 0 fully saturated rings. The second kappa shape index (κ2) is 7.33. The predicted molar refractivity (Wildman–Crippen MR) is 113 cm³/mol. The van der Waals surface area contributed by atoms with E-state index in [0.717, 1.165) is 17.0 Å². The molecule has 0 aliphatic carbocycles. The summed E-state index contributed by atoms with van der Waals surface area (Å²) in [6.07, 6.45) is 3.52. The molecule has 2 aromatic carbocycles. The molecule has 0 atom stereocenters. The number of hydrogen-bond acceptors (Lipinski definition) is 5. The second-order valence-electron chi connectivity index (χ2n) is 6.83. The molecule has 4 aromatic rings. The lowest BCUT2D eigenvalue weighted by Crippen LogP contribution is -2.04. The minimum Gasteiger partial charge on any atom is -0.460 e. The van der Waals surface area contributed by atoms with Gasteiger partial charge in [0.15, 0.2) is 11.5 Å². The van der Waals surface area contributed by atoms with Crippen LogP contribution in [0.15, 0.2) is 94.1 Å². The highest BCUT2D eigenvalue weighted by Gasteiger charge is 2.25. The molecule has 0 unspecified atom stereocenters. The number of esters is 1. The van der Waals surface area contributed by atoms with E-state index in [2.05, 4.69) is 10.1 Å². The summed E-state index contributed by atoms with van der Waals surface area (Å²) in [6, 6.07) is 22.8. The van der Waals surface area contributed by atoms with Gasteiger partial charge in [-0.3, -0.25) is 0 Å². The SMILES string of the molecule is Cc1ccc(-c2nn(-c3ccccc3)cc2C=C2N=C(c3ccccc3)OC2=O)o1. The van der Waals surface area contributed by atoms with Crippen LogP contribution in [0.2, 0.25) is 0 Å². The van der Waals surface area contributed by atoms with Crippen molar-refractivity contribution in [3.05, 3.63) is 102 Å². The molecule has 0 spiro atoms. The number of para-hydroxylation sites is 1. The van der Waals surface area contributed by atoms with Gasteiger partial charge in [0.1, 0.15) is 11.5 Å². The number of aryl methyl sites for hydroxylation is 1. The number of aliphatic imine (C=N–C) groups is 1. The van der Waals surface area contributed by atoms with E-state index < -0.39 is 5.97 Å². The van der Waals surface area contributed by atoms with Crippen LogP contribution in [0.25, 0.3) is 23.2 Å². The van der Waals surface area contributed by atoms with E-state index in [0.29, 0.717) is 17.0 Å². The molecule has 2 aromatic heterocycles. The fraction of sp³-hybridized carbons (Fsp3) is 0.0417. The number of cyclic esters (lactones) is 1. The third-order valence-corrected chi connectivity index (χ3v) is 4.67. The molecule has 1 aliphatic heterocycles. The quantitative estimate of drug-likeness (QED) is 0.368. The standard InChI is InChI=1S/C24H17N3O3/c1-16-12-13-21(29-16)22-18(15-27(26-22)19-10-6-3-7-11-19)14-20-24(28)30-23(25-20)17-8-4-2-5-9-17/h2-15H,1H3. The van der Waals surface area contributed by atoms with Crippen molar-refractivity contribution in [3.63, 3.8) is 0 Å². The lowest BCUT2D eigenvalue weighted by atomic mass is 10.2. The highest BCUT2D eigenvalue weighted by Crippen LogP contribution is 2.29. The zero-order valence-electron chi connectivity index (χ0n) is 16.1. The van der Waals surface area contributed by atoms with Crippen molar-refractivity contribution in [2.75, 3.05) is 0 Å². The molecule has 0 amide bonds. The highest BCUT2D eigenvalue weighted by atomic mass is 16.6. The van der Waals surface area contributed by atoms with E-state index in [1.54, 1.807) is 10.8 Å². The number of aromatic nitrogens is 2. The topological polar surface area (TPSA) is 69.6 Å². The molecule has 0 saturated carbocycles. The average molecular weight is 395 g/mol. The van der Waals surface area contributed by atoms with Gasteiger partial charge in [-0.15, -0.1) is 0 Å². The third-order valence-electron chi connectivity index (χ3n) is 4.67. The van der Waals surface area contributed by atoms with Gasteiger partial charge >= 0.3 is 5.97 Å². The monoisotopic (exact) mass is 395 g/mol. The van der Waals surface area contributed by atoms with Gasteiger partial charge in [-0.1, -0.05) is 36.4 Å². The van der Waals surface area contributed by atoms with Crippen LogP contribution in [-0.4, -0.2) is 21.6 Å². The van der Waals surface area contributed by atoms with Gasteiger partial charge in [0.2, 0.25) is 5.90 Å². The largest absolute Gasteiger partial charge is 0.460 e. The smallest absolute Gasteiger partial charge is 0.363 e. The number of carbonyl (C=O) groups is 1. The lowest BCUT2D eigenvalue weighted by molar-refractivity contribution is -0.129. The molecule has 6 heteroatoms. The Bertz CT molecular complexity index is 1280. The Kier molecular flexibility index (Phi) is 4.37. The number of benzene rings is 2. The van der Waals surface area contributed by atoms with Crippen LogP contribution < -0.4 is 0 Å². The Balaban J connectivity index is 1.60. The zero-order chi connectivity index (χ0) is 20.5. The van der Waals surface area contributed by atoms with Gasteiger partial charge in [0.05, 0.1) is 5.69 Å². The molecule has 0 bridgehead atoms. The van der Waals surface area contributed by atoms with Crippen LogP contribution in [0.5, 0.6) is 0 Å². The number of hydrogen-bond donors (Lipinski definition) is 0. The fourth-order valence-corrected chi connectivity index (χ4v) is 3.22. The second-order valence-corrected chi connectivity index (χ2v) is 6.83. The van der Waals surface area contributed by atoms with Gasteiger partial charge < -0.3 is 9.15 Å². The van der Waals surface area contributed by atoms with E-state index in [4.69, 9.17) is 9.15 Å². The third kappa shape index (κ3) is 3.35. The van der Waals surface area contributed by atoms with Crippen molar-refractivity contribution in [2.45, 2.75) is 6.92 Å². The Hall–Kier alpha value is -4.19. The summed E-state index contributed by atoms with van der Waals surface area (Å²) in [6.45, 7) is 1.88. The van der Waals surface area contributed by atoms with Crippen molar-refractivity contribution in [1.82, 2.24) is 9.78 Å². The molecule has 5 rings (SSSR count). The van der Waals surface area contributed by atoms with Gasteiger partial charge in [0, 0.05) is 17.3 Å². The summed E-state index contributed by atoms with van der Waals surface area (Å²) in [5, 5.41) is 4.69. The van der Waals surface area contributed by atoms with Crippen molar-refractivity contribution in [3.8, 4) is 17.1 Å². The predicted octanol–water partition coefficient (Wildman–Crippen LogP) is 4.79. The summed E-state index contributed by atoms with van der Waals surface area (Å²) in [5.41, 5.74) is 3.19. The summed E-state index contributed by atoms with van der Waals surface area (Å²) >= 11 is 0. The maximum absolute atomic E-state index is 12.4. The van der Waals surface area contributed by atoms with Gasteiger partial charge in [0.25, 0.3) is 0 Å². The van der Waals surface area contributed by atoms with E-state index in [9.17, 15) is 4.79 Å². The van der Waals surface area contributed by atoms with Gasteiger partial charge in [-0.05, 0) is 49.4 Å². The first-order valence-electron chi connectivity index (χ1n) is 9.47. The average Bonchev–Trinajstić information content (AvgIpc) is 3.49. The molecule has 0 radical (unpaired) electrons. The van der Waals surface area contributed by atoms with Crippen molar-refractivity contribution in [2.24, 2.45) is 4.99 Å². The van der Waals surface area contributed by atoms with Crippen LogP contribution in [0, 0.1) is 6.92 Å². The fourth-order valence-electron chi connectivity index (χ4n) is 3.22. The van der Waals surface area contributed by atoms with Crippen LogP contribution in [0.1, 0.15) is 16.9 Å². The minimum absolute atomic E-state index is 0.214. The Morgan fingerprint density at radius 1 is 0.933 bits per heavy atom. The molecule has 6 nitrogen and oxygen atoms in total. The van der Waals surface area contributed by atoms with E-state index in [-0.39, 0.29) is 11.6 Å². The van der Waals surface area contributed by atoms with Crippen LogP contribution in [0.3, 0.4) is 0 Å². The molecule has 146 valence electrons. The number of nitrogens with zero attached hydrogens (tertiary/aromatic N) is 3. The molecule has 0 N–H and O–H groups in total. The number of rotatable bonds is 4. The number of carbonyl (C=O) groups excluding carboxylic acids is 1.